The summed E-state index contributed by atoms with van der Waals surface area (Å²) < 4.78 is 5.69. The molecule has 13 heavy (non-hydrogen) atoms. The Balaban J connectivity index is 2.17. The van der Waals surface area contributed by atoms with Crippen LogP contribution in [0.1, 0.15) is 40.0 Å². The number of nitrogens with one attached hydrogen (secondary N) is 1. The lowest BCUT2D eigenvalue weighted by Crippen LogP contribution is -2.35. The van der Waals surface area contributed by atoms with Crippen LogP contribution in [0, 0.1) is 5.92 Å². The first-order valence-electron chi connectivity index (χ1n) is 5.58. The van der Waals surface area contributed by atoms with Crippen LogP contribution in [0.25, 0.3) is 0 Å². The Morgan fingerprint density at radius 2 is 1.85 bits per heavy atom. The van der Waals surface area contributed by atoms with Crippen molar-refractivity contribution >= 4 is 0 Å². The molecule has 0 spiro atoms. The summed E-state index contributed by atoms with van der Waals surface area (Å²) in [5.74, 6) is 0.824. The Hall–Kier alpha value is -0.0800. The van der Waals surface area contributed by atoms with Crippen molar-refractivity contribution in [3.05, 3.63) is 0 Å². The van der Waals surface area contributed by atoms with Gasteiger partial charge in [-0.15, -0.1) is 0 Å². The van der Waals surface area contributed by atoms with Gasteiger partial charge in [0.15, 0.2) is 0 Å². The van der Waals surface area contributed by atoms with Gasteiger partial charge in [-0.25, -0.2) is 0 Å². The zero-order valence-corrected chi connectivity index (χ0v) is 9.18. The van der Waals surface area contributed by atoms with Crippen LogP contribution in [0.3, 0.4) is 0 Å². The summed E-state index contributed by atoms with van der Waals surface area (Å²) in [7, 11) is 0. The molecule has 0 amide bonds. The molecule has 2 nitrogen and oxygen atoms in total. The van der Waals surface area contributed by atoms with E-state index in [1.54, 1.807) is 0 Å². The summed E-state index contributed by atoms with van der Waals surface area (Å²) in [5.41, 5.74) is 0. The Kier molecular flexibility index (Phi) is 4.74. The minimum atomic E-state index is 0.456. The van der Waals surface area contributed by atoms with Crippen molar-refractivity contribution in [2.24, 2.45) is 5.92 Å². The second kappa shape index (κ2) is 5.61. The van der Waals surface area contributed by atoms with Gasteiger partial charge >= 0.3 is 0 Å². The van der Waals surface area contributed by atoms with Gasteiger partial charge in [-0.05, 0) is 52.1 Å². The summed E-state index contributed by atoms with van der Waals surface area (Å²) in [6, 6.07) is 0. The predicted molar refractivity (Wildman–Crippen MR) is 55.9 cm³/mol. The summed E-state index contributed by atoms with van der Waals surface area (Å²) in [4.78, 5) is 0. The molecule has 1 heterocycles. The van der Waals surface area contributed by atoms with Crippen LogP contribution in [-0.2, 0) is 4.74 Å². The van der Waals surface area contributed by atoms with Crippen molar-refractivity contribution in [3.63, 3.8) is 0 Å². The van der Waals surface area contributed by atoms with E-state index in [-0.39, 0.29) is 0 Å². The van der Waals surface area contributed by atoms with E-state index in [1.807, 2.05) is 0 Å². The fraction of sp³-hybridized carbons (Fsp3) is 1.00. The minimum Gasteiger partial charge on any atom is -0.376 e. The fourth-order valence-electron chi connectivity index (χ4n) is 2.19. The molecule has 2 heteroatoms. The third kappa shape index (κ3) is 4.10. The van der Waals surface area contributed by atoms with Gasteiger partial charge in [-0.1, -0.05) is 6.92 Å². The average Bonchev–Trinajstić information content (AvgIpc) is 2.03. The van der Waals surface area contributed by atoms with Crippen LogP contribution >= 0.6 is 0 Å². The van der Waals surface area contributed by atoms with Crippen LogP contribution in [0.4, 0.5) is 0 Å². The van der Waals surface area contributed by atoms with E-state index < -0.39 is 0 Å². The Bertz CT molecular complexity index is 128. The topological polar surface area (TPSA) is 21.3 Å². The summed E-state index contributed by atoms with van der Waals surface area (Å²) in [6.45, 7) is 8.90. The maximum absolute atomic E-state index is 5.69. The highest BCUT2D eigenvalue weighted by atomic mass is 16.5. The van der Waals surface area contributed by atoms with Crippen molar-refractivity contribution in [1.29, 1.82) is 0 Å². The van der Waals surface area contributed by atoms with Crippen molar-refractivity contribution in [1.82, 2.24) is 5.32 Å². The summed E-state index contributed by atoms with van der Waals surface area (Å²) in [6.07, 6.45) is 4.59. The van der Waals surface area contributed by atoms with Gasteiger partial charge in [0.05, 0.1) is 12.2 Å². The molecule has 1 rings (SSSR count). The first-order valence-corrected chi connectivity index (χ1v) is 5.58. The SMILES string of the molecule is CCCNCC1CC(C)OC(C)C1. The molecule has 0 aromatic heterocycles. The first-order chi connectivity index (χ1) is 6.22. The Labute approximate surface area is 82.0 Å². The third-order valence-electron chi connectivity index (χ3n) is 2.65. The van der Waals surface area contributed by atoms with Crippen molar-refractivity contribution in [2.45, 2.75) is 52.2 Å². The van der Waals surface area contributed by atoms with E-state index in [0.29, 0.717) is 12.2 Å². The lowest BCUT2D eigenvalue weighted by Gasteiger charge is -2.32. The van der Waals surface area contributed by atoms with Crippen LogP contribution in [0.2, 0.25) is 0 Å². The van der Waals surface area contributed by atoms with E-state index in [0.717, 1.165) is 12.5 Å². The largest absolute Gasteiger partial charge is 0.376 e. The average molecular weight is 185 g/mol. The third-order valence-corrected chi connectivity index (χ3v) is 2.65. The van der Waals surface area contributed by atoms with Gasteiger partial charge in [0.1, 0.15) is 0 Å². The molecule has 78 valence electrons. The zero-order valence-electron chi connectivity index (χ0n) is 9.18. The number of hydrogen-bond acceptors (Lipinski definition) is 2. The van der Waals surface area contributed by atoms with Crippen LogP contribution in [0.15, 0.2) is 0 Å². The minimum absolute atomic E-state index is 0.456. The standard InChI is InChI=1S/C11H23NO/c1-4-5-12-8-11-6-9(2)13-10(3)7-11/h9-12H,4-8H2,1-3H3. The summed E-state index contributed by atoms with van der Waals surface area (Å²) in [5, 5.41) is 3.49. The smallest absolute Gasteiger partial charge is 0.0553 e. The van der Waals surface area contributed by atoms with Gasteiger partial charge in [-0.2, -0.15) is 0 Å². The highest BCUT2D eigenvalue weighted by Gasteiger charge is 2.23. The molecule has 0 aromatic carbocycles. The van der Waals surface area contributed by atoms with Gasteiger partial charge < -0.3 is 10.1 Å². The molecule has 1 N–H and O–H groups in total. The molecule has 0 radical (unpaired) electrons. The van der Waals surface area contributed by atoms with Crippen molar-refractivity contribution in [3.8, 4) is 0 Å². The number of ether oxygens (including phenoxy) is 1. The van der Waals surface area contributed by atoms with Gasteiger partial charge in [0.25, 0.3) is 0 Å². The van der Waals surface area contributed by atoms with Crippen LogP contribution in [0.5, 0.6) is 0 Å². The molecular formula is C11H23NO. The Morgan fingerprint density at radius 3 is 2.38 bits per heavy atom. The molecule has 2 atom stereocenters. The maximum atomic E-state index is 5.69. The quantitative estimate of drug-likeness (QED) is 0.678. The lowest BCUT2D eigenvalue weighted by molar-refractivity contribution is -0.0515. The molecule has 2 unspecified atom stereocenters. The molecule has 0 bridgehead atoms. The second-order valence-corrected chi connectivity index (χ2v) is 4.30. The van der Waals surface area contributed by atoms with Crippen molar-refractivity contribution in [2.75, 3.05) is 13.1 Å². The highest BCUT2D eigenvalue weighted by molar-refractivity contribution is 4.74. The molecular weight excluding hydrogens is 162 g/mol. The number of hydrogen-bond donors (Lipinski definition) is 1. The molecule has 0 aromatic rings. The van der Waals surface area contributed by atoms with Gasteiger partial charge in [0, 0.05) is 0 Å². The fourth-order valence-corrected chi connectivity index (χ4v) is 2.19. The lowest BCUT2D eigenvalue weighted by atomic mass is 9.92. The normalized spacial score (nSPS) is 34.8. The molecule has 1 fully saturated rings. The van der Waals surface area contributed by atoms with E-state index in [9.17, 15) is 0 Å². The Morgan fingerprint density at radius 1 is 1.23 bits per heavy atom. The van der Waals surface area contributed by atoms with E-state index in [4.69, 9.17) is 4.74 Å². The van der Waals surface area contributed by atoms with E-state index in [1.165, 1.54) is 25.8 Å². The summed E-state index contributed by atoms with van der Waals surface area (Å²) >= 11 is 0. The van der Waals surface area contributed by atoms with Gasteiger partial charge in [-0.3, -0.25) is 0 Å². The molecule has 1 aliphatic rings. The predicted octanol–water partition coefficient (Wildman–Crippen LogP) is 2.19. The second-order valence-electron chi connectivity index (χ2n) is 4.30. The number of rotatable bonds is 4. The first kappa shape index (κ1) is 11.0. The molecule has 1 saturated heterocycles. The molecule has 0 aliphatic carbocycles. The monoisotopic (exact) mass is 185 g/mol. The van der Waals surface area contributed by atoms with E-state index in [2.05, 4.69) is 26.1 Å². The maximum Gasteiger partial charge on any atom is 0.0553 e. The molecule has 0 saturated carbocycles. The van der Waals surface area contributed by atoms with Gasteiger partial charge in [0.2, 0.25) is 0 Å². The zero-order chi connectivity index (χ0) is 9.68. The molecule has 1 aliphatic heterocycles. The van der Waals surface area contributed by atoms with E-state index >= 15 is 0 Å². The highest BCUT2D eigenvalue weighted by Crippen LogP contribution is 2.23. The van der Waals surface area contributed by atoms with Crippen LogP contribution in [-0.4, -0.2) is 25.3 Å². The van der Waals surface area contributed by atoms with Crippen molar-refractivity contribution < 1.29 is 4.74 Å². The van der Waals surface area contributed by atoms with Crippen LogP contribution < -0.4 is 5.32 Å².